The van der Waals surface area contributed by atoms with Crippen molar-refractivity contribution in [3.63, 3.8) is 0 Å². The Hall–Kier alpha value is -6.44. The molecule has 0 aliphatic heterocycles. The van der Waals surface area contributed by atoms with Gasteiger partial charge in [-0.15, -0.1) is 0 Å². The van der Waals surface area contributed by atoms with Crippen molar-refractivity contribution in [3.05, 3.63) is 222 Å². The molecule has 1 nitrogen and oxygen atoms in total. The fourth-order valence-corrected chi connectivity index (χ4v) is 8.30. The maximum absolute atomic E-state index is 2.43. The lowest BCUT2D eigenvalue weighted by Crippen LogP contribution is -2.15. The number of aryl methyl sites for hydroxylation is 1. The SMILES string of the molecule is CC1(C)c2ccccc2-c2ccc(Cc3ccc(-c4ccc5c(c4)c4ccccc4n5-c4ccccc4)cc3)cc21.Cc1ccc(-c2ccccc2)cc1. The summed E-state index contributed by atoms with van der Waals surface area (Å²) in [7, 11) is 0. The van der Waals surface area contributed by atoms with E-state index in [1.54, 1.807) is 0 Å². The Labute approximate surface area is 318 Å². The molecule has 0 amide bonds. The average Bonchev–Trinajstić information content (AvgIpc) is 3.67. The second-order valence-electron chi connectivity index (χ2n) is 15.1. The first-order chi connectivity index (χ1) is 26.4. The summed E-state index contributed by atoms with van der Waals surface area (Å²) in [6, 6.07) is 70.3. The zero-order chi connectivity index (χ0) is 36.6. The third kappa shape index (κ3) is 6.12. The predicted octanol–water partition coefficient (Wildman–Crippen LogP) is 14.0. The largest absolute Gasteiger partial charge is 0.309 e. The van der Waals surface area contributed by atoms with Gasteiger partial charge in [-0.3, -0.25) is 0 Å². The van der Waals surface area contributed by atoms with Crippen molar-refractivity contribution in [2.75, 3.05) is 0 Å². The molecule has 9 aromatic rings. The first kappa shape index (κ1) is 33.4. The number of hydrogen-bond acceptors (Lipinski definition) is 0. The Morgan fingerprint density at radius 2 is 0.963 bits per heavy atom. The van der Waals surface area contributed by atoms with E-state index in [1.165, 1.54) is 88.7 Å². The molecule has 10 rings (SSSR count). The Kier molecular flexibility index (Phi) is 8.56. The highest BCUT2D eigenvalue weighted by Gasteiger charge is 2.35. The summed E-state index contributed by atoms with van der Waals surface area (Å²) < 4.78 is 2.37. The van der Waals surface area contributed by atoms with E-state index >= 15 is 0 Å². The second-order valence-corrected chi connectivity index (χ2v) is 15.1. The number of hydrogen-bond donors (Lipinski definition) is 0. The summed E-state index contributed by atoms with van der Waals surface area (Å²) in [6.45, 7) is 6.81. The van der Waals surface area contributed by atoms with Crippen LogP contribution in [0, 0.1) is 6.92 Å². The van der Waals surface area contributed by atoms with Gasteiger partial charge >= 0.3 is 0 Å². The van der Waals surface area contributed by atoms with Gasteiger partial charge in [0.25, 0.3) is 0 Å². The molecule has 0 spiro atoms. The van der Waals surface area contributed by atoms with Gasteiger partial charge in [-0.25, -0.2) is 0 Å². The molecule has 0 N–H and O–H groups in total. The maximum Gasteiger partial charge on any atom is 0.0541 e. The molecule has 0 bridgehead atoms. The minimum absolute atomic E-state index is 0.0358. The van der Waals surface area contributed by atoms with Gasteiger partial charge in [0, 0.05) is 21.9 Å². The minimum Gasteiger partial charge on any atom is -0.309 e. The van der Waals surface area contributed by atoms with Gasteiger partial charge in [0.2, 0.25) is 0 Å². The Morgan fingerprint density at radius 3 is 1.74 bits per heavy atom. The molecule has 1 heteroatoms. The highest BCUT2D eigenvalue weighted by Crippen LogP contribution is 2.48. The van der Waals surface area contributed by atoms with E-state index in [1.807, 2.05) is 6.07 Å². The minimum atomic E-state index is 0.0358. The van der Waals surface area contributed by atoms with Crippen LogP contribution in [0.3, 0.4) is 0 Å². The van der Waals surface area contributed by atoms with Crippen molar-refractivity contribution >= 4 is 21.8 Å². The van der Waals surface area contributed by atoms with E-state index in [4.69, 9.17) is 0 Å². The maximum atomic E-state index is 2.43. The number of nitrogens with zero attached hydrogens (tertiary/aromatic N) is 1. The standard InChI is InChI=1S/C40H31N.C13H12/c1-40(2)36-14-8-6-12-32(36)33-22-18-28(25-37(33)40)24-27-16-19-29(20-17-27)30-21-23-39-35(26-30)34-13-7-9-15-38(34)41(39)31-10-4-3-5-11-31;1-11-7-9-13(10-8-11)12-5-3-2-4-6-12/h3-23,25-26H,24H2,1-2H3;2-10H,1H3. The molecule has 1 heterocycles. The number of aromatic nitrogens is 1. The molecule has 1 aliphatic rings. The molecule has 0 saturated carbocycles. The molecule has 0 fully saturated rings. The van der Waals surface area contributed by atoms with Crippen LogP contribution < -0.4 is 0 Å². The summed E-state index contributed by atoms with van der Waals surface area (Å²) in [5.41, 5.74) is 18.4. The van der Waals surface area contributed by atoms with Crippen LogP contribution in [0.4, 0.5) is 0 Å². The molecule has 0 radical (unpaired) electrons. The van der Waals surface area contributed by atoms with E-state index in [-0.39, 0.29) is 5.41 Å². The molecule has 1 aromatic heterocycles. The summed E-state index contributed by atoms with van der Waals surface area (Å²) in [4.78, 5) is 0. The van der Waals surface area contributed by atoms with Crippen LogP contribution in [-0.2, 0) is 11.8 Å². The Balaban J connectivity index is 0.000000250. The lowest BCUT2D eigenvalue weighted by Gasteiger charge is -2.22. The van der Waals surface area contributed by atoms with Crippen LogP contribution >= 0.6 is 0 Å². The van der Waals surface area contributed by atoms with E-state index < -0.39 is 0 Å². The van der Waals surface area contributed by atoms with Gasteiger partial charge in [0.1, 0.15) is 0 Å². The molecule has 54 heavy (non-hydrogen) atoms. The number of rotatable bonds is 5. The van der Waals surface area contributed by atoms with Crippen LogP contribution in [0.25, 0.3) is 60.9 Å². The summed E-state index contributed by atoms with van der Waals surface area (Å²) in [5.74, 6) is 0. The fourth-order valence-electron chi connectivity index (χ4n) is 8.30. The number of benzene rings is 8. The van der Waals surface area contributed by atoms with E-state index in [9.17, 15) is 0 Å². The fraction of sp³-hybridized carbons (Fsp3) is 0.0943. The van der Waals surface area contributed by atoms with E-state index in [0.717, 1.165) is 6.42 Å². The highest BCUT2D eigenvalue weighted by atomic mass is 15.0. The van der Waals surface area contributed by atoms with Crippen LogP contribution in [0.1, 0.15) is 41.7 Å². The molecule has 0 unspecified atom stereocenters. The molecule has 1 aliphatic carbocycles. The van der Waals surface area contributed by atoms with Crippen molar-refractivity contribution in [2.45, 2.75) is 32.6 Å². The zero-order valence-corrected chi connectivity index (χ0v) is 31.1. The summed E-state index contributed by atoms with van der Waals surface area (Å²) >= 11 is 0. The van der Waals surface area contributed by atoms with Crippen LogP contribution in [0.5, 0.6) is 0 Å². The van der Waals surface area contributed by atoms with Gasteiger partial charge in [0.05, 0.1) is 11.0 Å². The van der Waals surface area contributed by atoms with Crippen molar-refractivity contribution < 1.29 is 0 Å². The number of fused-ring (bicyclic) bond motifs is 6. The van der Waals surface area contributed by atoms with Gasteiger partial charge in [-0.05, 0) is 99.3 Å². The second kappa shape index (κ2) is 13.8. The monoisotopic (exact) mass is 693 g/mol. The molecular weight excluding hydrogens is 651 g/mol. The van der Waals surface area contributed by atoms with Gasteiger partial charge in [0.15, 0.2) is 0 Å². The molecular formula is C53H43N. The van der Waals surface area contributed by atoms with Crippen molar-refractivity contribution in [1.82, 2.24) is 4.57 Å². The van der Waals surface area contributed by atoms with Crippen molar-refractivity contribution in [2.24, 2.45) is 0 Å². The molecule has 0 saturated heterocycles. The molecule has 8 aromatic carbocycles. The summed E-state index contributed by atoms with van der Waals surface area (Å²) in [5, 5.41) is 2.57. The smallest absolute Gasteiger partial charge is 0.0541 e. The third-order valence-corrected chi connectivity index (χ3v) is 11.2. The van der Waals surface area contributed by atoms with Gasteiger partial charge in [-0.1, -0.05) is 183 Å². The first-order valence-corrected chi connectivity index (χ1v) is 19.0. The number of para-hydroxylation sites is 2. The lowest BCUT2D eigenvalue weighted by atomic mass is 9.81. The summed E-state index contributed by atoms with van der Waals surface area (Å²) in [6.07, 6.45) is 0.934. The highest BCUT2D eigenvalue weighted by molar-refractivity contribution is 6.10. The predicted molar refractivity (Wildman–Crippen MR) is 230 cm³/mol. The van der Waals surface area contributed by atoms with Crippen molar-refractivity contribution in [3.8, 4) is 39.1 Å². The van der Waals surface area contributed by atoms with Crippen LogP contribution in [0.2, 0.25) is 0 Å². The van der Waals surface area contributed by atoms with Crippen LogP contribution in [0.15, 0.2) is 194 Å². The Morgan fingerprint density at radius 1 is 0.407 bits per heavy atom. The molecule has 0 atom stereocenters. The molecule has 260 valence electrons. The quantitative estimate of drug-likeness (QED) is 0.169. The van der Waals surface area contributed by atoms with E-state index in [0.29, 0.717) is 0 Å². The van der Waals surface area contributed by atoms with E-state index in [2.05, 4.69) is 213 Å². The first-order valence-electron chi connectivity index (χ1n) is 19.0. The van der Waals surface area contributed by atoms with Crippen LogP contribution in [-0.4, -0.2) is 4.57 Å². The zero-order valence-electron chi connectivity index (χ0n) is 31.1. The average molecular weight is 694 g/mol. The lowest BCUT2D eigenvalue weighted by molar-refractivity contribution is 0.659. The Bertz CT molecular complexity index is 2730. The van der Waals surface area contributed by atoms with Crippen molar-refractivity contribution in [1.29, 1.82) is 0 Å². The third-order valence-electron chi connectivity index (χ3n) is 11.2. The van der Waals surface area contributed by atoms with Gasteiger partial charge in [-0.2, -0.15) is 0 Å². The van der Waals surface area contributed by atoms with Gasteiger partial charge < -0.3 is 4.57 Å². The normalized spacial score (nSPS) is 12.6. The topological polar surface area (TPSA) is 4.93 Å².